The molecule has 2 N–H and O–H groups in total. The summed E-state index contributed by atoms with van der Waals surface area (Å²) < 4.78 is 0. The van der Waals surface area contributed by atoms with Crippen LogP contribution in [0.5, 0.6) is 0 Å². The molecule has 1 atom stereocenters. The molecule has 110 valence electrons. The maximum absolute atomic E-state index is 11.1. The summed E-state index contributed by atoms with van der Waals surface area (Å²) in [6, 6.07) is 10.0. The van der Waals surface area contributed by atoms with Crippen molar-refractivity contribution in [2.24, 2.45) is 5.92 Å². The van der Waals surface area contributed by atoms with Crippen molar-refractivity contribution in [2.45, 2.75) is 31.8 Å². The maximum Gasteiger partial charge on any atom is 0.320 e. The zero-order chi connectivity index (χ0) is 14.4. The predicted octanol–water partition coefficient (Wildman–Crippen LogP) is 1.96. The molecule has 0 aliphatic heterocycles. The Morgan fingerprint density at radius 2 is 2.10 bits per heavy atom. The fraction of sp³-hybridized carbons (Fsp3) is 0.562. The van der Waals surface area contributed by atoms with E-state index in [0.29, 0.717) is 5.92 Å². The lowest BCUT2D eigenvalue weighted by Gasteiger charge is -2.18. The fourth-order valence-corrected chi connectivity index (χ4v) is 2.47. The molecule has 1 aliphatic rings. The lowest BCUT2D eigenvalue weighted by Crippen LogP contribution is -2.39. The number of benzene rings is 1. The van der Waals surface area contributed by atoms with Crippen LogP contribution in [0.1, 0.15) is 24.8 Å². The number of aliphatic carboxylic acids is 1. The minimum Gasteiger partial charge on any atom is -0.480 e. The molecule has 0 amide bonds. The molecule has 1 aromatic carbocycles. The van der Waals surface area contributed by atoms with Gasteiger partial charge in [-0.3, -0.25) is 4.79 Å². The Bertz CT molecular complexity index is 418. The van der Waals surface area contributed by atoms with Gasteiger partial charge in [-0.25, -0.2) is 0 Å². The molecule has 1 aliphatic carbocycles. The Kier molecular flexibility index (Phi) is 5.56. The summed E-state index contributed by atoms with van der Waals surface area (Å²) in [4.78, 5) is 13.3. The van der Waals surface area contributed by atoms with Crippen LogP contribution in [0.2, 0.25) is 0 Å². The summed E-state index contributed by atoms with van der Waals surface area (Å²) in [5.41, 5.74) is 1.31. The molecular weight excluding hydrogens is 252 g/mol. The molecule has 4 heteroatoms. The first-order valence-electron chi connectivity index (χ1n) is 7.35. The number of nitrogens with zero attached hydrogens (tertiary/aromatic N) is 1. The Labute approximate surface area is 120 Å². The summed E-state index contributed by atoms with van der Waals surface area (Å²) in [6.07, 6.45) is 3.08. The zero-order valence-electron chi connectivity index (χ0n) is 12.1. The number of hydrogen-bond acceptors (Lipinski definition) is 3. The highest BCUT2D eigenvalue weighted by atomic mass is 16.4. The summed E-state index contributed by atoms with van der Waals surface area (Å²) in [5.74, 6) is -0.348. The minimum absolute atomic E-state index is 0.338. The summed E-state index contributed by atoms with van der Waals surface area (Å²) in [5, 5.41) is 12.3. The van der Waals surface area contributed by atoms with E-state index in [1.54, 1.807) is 0 Å². The van der Waals surface area contributed by atoms with Gasteiger partial charge in [-0.15, -0.1) is 0 Å². The first-order valence-corrected chi connectivity index (χ1v) is 7.35. The number of nitrogens with one attached hydrogen (secondary N) is 1. The predicted molar refractivity (Wildman–Crippen MR) is 79.5 cm³/mol. The monoisotopic (exact) mass is 276 g/mol. The highest BCUT2D eigenvalue weighted by molar-refractivity contribution is 5.74. The molecule has 0 radical (unpaired) electrons. The normalized spacial score (nSPS) is 16.3. The zero-order valence-corrected chi connectivity index (χ0v) is 12.1. The maximum atomic E-state index is 11.1. The molecule has 0 aromatic heterocycles. The van der Waals surface area contributed by atoms with Gasteiger partial charge < -0.3 is 15.3 Å². The Balaban J connectivity index is 1.61. The lowest BCUT2D eigenvalue weighted by atomic mass is 10.2. The van der Waals surface area contributed by atoms with Crippen LogP contribution in [0.4, 0.5) is 0 Å². The van der Waals surface area contributed by atoms with E-state index >= 15 is 0 Å². The van der Waals surface area contributed by atoms with Gasteiger partial charge in [0.25, 0.3) is 0 Å². The second-order valence-corrected chi connectivity index (χ2v) is 5.68. The van der Waals surface area contributed by atoms with Gasteiger partial charge in [-0.2, -0.15) is 0 Å². The molecule has 1 fully saturated rings. The molecule has 0 spiro atoms. The number of hydrogen-bond donors (Lipinski definition) is 2. The minimum atomic E-state index is -0.704. The summed E-state index contributed by atoms with van der Waals surface area (Å²) in [7, 11) is 2.10. The second kappa shape index (κ2) is 7.41. The molecule has 0 bridgehead atoms. The average molecular weight is 276 g/mol. The van der Waals surface area contributed by atoms with E-state index < -0.39 is 5.97 Å². The van der Waals surface area contributed by atoms with Gasteiger partial charge >= 0.3 is 5.97 Å². The first-order chi connectivity index (χ1) is 9.66. The van der Waals surface area contributed by atoms with Crippen LogP contribution in [0.15, 0.2) is 30.3 Å². The SMILES string of the molecule is CN(CCCNC(C(=O)O)C1CC1)Cc1ccccc1. The van der Waals surface area contributed by atoms with Gasteiger partial charge in [-0.1, -0.05) is 30.3 Å². The van der Waals surface area contributed by atoms with Gasteiger partial charge in [0.2, 0.25) is 0 Å². The molecule has 1 aromatic rings. The van der Waals surface area contributed by atoms with Crippen molar-refractivity contribution in [3.63, 3.8) is 0 Å². The number of carboxylic acid groups (broad SMARTS) is 1. The molecule has 0 heterocycles. The van der Waals surface area contributed by atoms with Gasteiger partial charge in [0.05, 0.1) is 0 Å². The van der Waals surface area contributed by atoms with E-state index in [1.807, 2.05) is 6.07 Å². The third-order valence-electron chi connectivity index (χ3n) is 3.74. The summed E-state index contributed by atoms with van der Waals surface area (Å²) in [6.45, 7) is 2.68. The van der Waals surface area contributed by atoms with Crippen LogP contribution < -0.4 is 5.32 Å². The van der Waals surface area contributed by atoms with Crippen LogP contribution in [0.25, 0.3) is 0 Å². The van der Waals surface area contributed by atoms with Crippen molar-refractivity contribution < 1.29 is 9.90 Å². The molecule has 20 heavy (non-hydrogen) atoms. The van der Waals surface area contributed by atoms with Crippen molar-refractivity contribution in [3.05, 3.63) is 35.9 Å². The fourth-order valence-electron chi connectivity index (χ4n) is 2.47. The van der Waals surface area contributed by atoms with Crippen LogP contribution in [-0.4, -0.2) is 42.2 Å². The lowest BCUT2D eigenvalue weighted by molar-refractivity contribution is -0.140. The second-order valence-electron chi connectivity index (χ2n) is 5.68. The van der Waals surface area contributed by atoms with Crippen molar-refractivity contribution in [3.8, 4) is 0 Å². The Morgan fingerprint density at radius 3 is 2.70 bits per heavy atom. The highest BCUT2D eigenvalue weighted by Gasteiger charge is 2.35. The molecule has 1 saturated carbocycles. The smallest absolute Gasteiger partial charge is 0.320 e. The molecule has 1 unspecified atom stereocenters. The van der Waals surface area contributed by atoms with Gasteiger partial charge in [0, 0.05) is 6.54 Å². The largest absolute Gasteiger partial charge is 0.480 e. The van der Waals surface area contributed by atoms with Crippen LogP contribution in [0.3, 0.4) is 0 Å². The van der Waals surface area contributed by atoms with Crippen LogP contribution in [0, 0.1) is 5.92 Å². The Morgan fingerprint density at radius 1 is 1.40 bits per heavy atom. The molecule has 4 nitrogen and oxygen atoms in total. The third kappa shape index (κ3) is 4.94. The topological polar surface area (TPSA) is 52.6 Å². The number of rotatable bonds is 9. The first kappa shape index (κ1) is 15.0. The highest BCUT2D eigenvalue weighted by Crippen LogP contribution is 2.32. The number of carbonyl (C=O) groups is 1. The van der Waals surface area contributed by atoms with E-state index in [9.17, 15) is 4.79 Å². The van der Waals surface area contributed by atoms with Gasteiger partial charge in [-0.05, 0) is 50.9 Å². The summed E-state index contributed by atoms with van der Waals surface area (Å²) >= 11 is 0. The molecule has 0 saturated heterocycles. The van der Waals surface area contributed by atoms with Crippen LogP contribution in [-0.2, 0) is 11.3 Å². The third-order valence-corrected chi connectivity index (χ3v) is 3.74. The van der Waals surface area contributed by atoms with E-state index in [-0.39, 0.29) is 6.04 Å². The quantitative estimate of drug-likeness (QED) is 0.677. The van der Waals surface area contributed by atoms with Crippen molar-refractivity contribution in [2.75, 3.05) is 20.1 Å². The van der Waals surface area contributed by atoms with Gasteiger partial charge in [0.15, 0.2) is 0 Å². The molecule has 2 rings (SSSR count). The van der Waals surface area contributed by atoms with Crippen LogP contribution >= 0.6 is 0 Å². The van der Waals surface area contributed by atoms with Crippen molar-refractivity contribution in [1.29, 1.82) is 0 Å². The van der Waals surface area contributed by atoms with Gasteiger partial charge in [0.1, 0.15) is 6.04 Å². The van der Waals surface area contributed by atoms with Crippen molar-refractivity contribution >= 4 is 5.97 Å². The average Bonchev–Trinajstić information content (AvgIpc) is 3.23. The number of carboxylic acids is 1. The standard InChI is InChI=1S/C16H24N2O2/c1-18(12-13-6-3-2-4-7-13)11-5-10-17-15(16(19)20)14-8-9-14/h2-4,6-7,14-15,17H,5,8-12H2,1H3,(H,19,20). The van der Waals surface area contributed by atoms with Crippen molar-refractivity contribution in [1.82, 2.24) is 10.2 Å². The Hall–Kier alpha value is -1.39. The van der Waals surface area contributed by atoms with E-state index in [0.717, 1.165) is 38.9 Å². The molecular formula is C16H24N2O2. The van der Waals surface area contributed by atoms with E-state index in [4.69, 9.17) is 5.11 Å². The van der Waals surface area contributed by atoms with E-state index in [2.05, 4.69) is 41.5 Å². The van der Waals surface area contributed by atoms with E-state index in [1.165, 1.54) is 5.56 Å².